The quantitative estimate of drug-likeness (QED) is 0.0262. The lowest BCUT2D eigenvalue weighted by Gasteiger charge is -2.18. The zero-order valence-electron chi connectivity index (χ0n) is 43.9. The number of ether oxygens (including phenoxy) is 3. The van der Waals surface area contributed by atoms with Gasteiger partial charge < -0.3 is 14.2 Å². The maximum Gasteiger partial charge on any atom is 0.306 e. The predicted molar refractivity (Wildman–Crippen MR) is 288 cm³/mol. The fraction of sp³-hybridized carbons (Fsp3) is 0.721. The number of hydrogen-bond donors (Lipinski definition) is 0. The maximum absolute atomic E-state index is 12.8. The summed E-state index contributed by atoms with van der Waals surface area (Å²) in [5, 5.41) is 0. The van der Waals surface area contributed by atoms with Crippen LogP contribution in [0, 0.1) is 0 Å². The first-order chi connectivity index (χ1) is 33.0. The first-order valence-electron chi connectivity index (χ1n) is 28.1. The molecule has 0 aromatic rings. The van der Waals surface area contributed by atoms with E-state index in [1.165, 1.54) is 128 Å². The van der Waals surface area contributed by atoms with Gasteiger partial charge in [-0.05, 0) is 116 Å². The van der Waals surface area contributed by atoms with Gasteiger partial charge in [-0.2, -0.15) is 0 Å². The molecule has 0 N–H and O–H groups in total. The van der Waals surface area contributed by atoms with Crippen LogP contribution in [-0.4, -0.2) is 37.2 Å². The topological polar surface area (TPSA) is 78.9 Å². The average Bonchev–Trinajstić information content (AvgIpc) is 3.33. The van der Waals surface area contributed by atoms with Crippen molar-refractivity contribution in [3.8, 4) is 0 Å². The predicted octanol–water partition coefficient (Wildman–Crippen LogP) is 18.8. The van der Waals surface area contributed by atoms with Crippen LogP contribution in [0.5, 0.6) is 0 Å². The van der Waals surface area contributed by atoms with Gasteiger partial charge in [0.2, 0.25) is 0 Å². The maximum atomic E-state index is 12.8. The molecule has 384 valence electrons. The van der Waals surface area contributed by atoms with E-state index in [0.717, 1.165) is 89.9 Å². The summed E-state index contributed by atoms with van der Waals surface area (Å²) in [5.41, 5.74) is 0. The van der Waals surface area contributed by atoms with Gasteiger partial charge >= 0.3 is 17.9 Å². The Labute approximate surface area is 414 Å². The highest BCUT2D eigenvalue weighted by molar-refractivity contribution is 5.71. The molecule has 1 atom stereocenters. The van der Waals surface area contributed by atoms with Crippen molar-refractivity contribution in [3.05, 3.63) is 85.1 Å². The Morgan fingerprint density at radius 2 is 0.552 bits per heavy atom. The fourth-order valence-electron chi connectivity index (χ4n) is 7.58. The van der Waals surface area contributed by atoms with E-state index >= 15 is 0 Å². The molecule has 0 aliphatic rings. The summed E-state index contributed by atoms with van der Waals surface area (Å²) in [6, 6.07) is 0. The van der Waals surface area contributed by atoms with E-state index in [1.807, 2.05) is 0 Å². The second-order valence-corrected chi connectivity index (χ2v) is 18.5. The highest BCUT2D eigenvalue weighted by atomic mass is 16.6. The third-order valence-corrected chi connectivity index (χ3v) is 11.8. The van der Waals surface area contributed by atoms with Crippen molar-refractivity contribution < 1.29 is 28.6 Å². The zero-order chi connectivity index (χ0) is 48.6. The minimum atomic E-state index is -0.808. The second kappa shape index (κ2) is 55.2. The van der Waals surface area contributed by atoms with Crippen molar-refractivity contribution in [1.82, 2.24) is 0 Å². The lowest BCUT2D eigenvalue weighted by Crippen LogP contribution is -2.30. The molecule has 0 aromatic carbocycles. The molecule has 0 amide bonds. The van der Waals surface area contributed by atoms with Crippen LogP contribution in [-0.2, 0) is 28.6 Å². The van der Waals surface area contributed by atoms with E-state index < -0.39 is 6.10 Å². The van der Waals surface area contributed by atoms with E-state index in [9.17, 15) is 14.4 Å². The normalized spacial score (nSPS) is 12.7. The third-order valence-electron chi connectivity index (χ3n) is 11.8. The zero-order valence-corrected chi connectivity index (χ0v) is 43.9. The largest absolute Gasteiger partial charge is 0.462 e. The number of esters is 3. The van der Waals surface area contributed by atoms with Crippen molar-refractivity contribution in [3.63, 3.8) is 0 Å². The first-order valence-corrected chi connectivity index (χ1v) is 28.1. The van der Waals surface area contributed by atoms with E-state index in [2.05, 4.69) is 106 Å². The molecular formula is C61H104O6. The Bertz CT molecular complexity index is 1300. The molecule has 0 heterocycles. The van der Waals surface area contributed by atoms with E-state index in [1.54, 1.807) is 0 Å². The van der Waals surface area contributed by atoms with Gasteiger partial charge in [0, 0.05) is 19.3 Å². The Kier molecular flexibility index (Phi) is 52.4. The van der Waals surface area contributed by atoms with Crippen LogP contribution >= 0.6 is 0 Å². The molecular weight excluding hydrogens is 829 g/mol. The van der Waals surface area contributed by atoms with Crippen LogP contribution in [0.4, 0.5) is 0 Å². The lowest BCUT2D eigenvalue weighted by atomic mass is 10.1. The summed E-state index contributed by atoms with van der Waals surface area (Å²) < 4.78 is 16.8. The molecule has 6 heteroatoms. The fourth-order valence-corrected chi connectivity index (χ4v) is 7.58. The molecule has 0 bridgehead atoms. The Balaban J connectivity index is 4.49. The van der Waals surface area contributed by atoms with Crippen molar-refractivity contribution >= 4 is 17.9 Å². The van der Waals surface area contributed by atoms with Crippen LogP contribution < -0.4 is 0 Å². The minimum Gasteiger partial charge on any atom is -0.462 e. The number of unbranched alkanes of at least 4 members (excludes halogenated alkanes) is 25. The lowest BCUT2D eigenvalue weighted by molar-refractivity contribution is -0.167. The minimum absolute atomic E-state index is 0.102. The molecule has 67 heavy (non-hydrogen) atoms. The first kappa shape index (κ1) is 63.6. The number of carbonyl (C=O) groups excluding carboxylic acids is 3. The van der Waals surface area contributed by atoms with Crippen molar-refractivity contribution in [2.24, 2.45) is 0 Å². The molecule has 0 fully saturated rings. The van der Waals surface area contributed by atoms with Crippen LogP contribution in [0.1, 0.15) is 265 Å². The standard InChI is InChI=1S/C61H104O6/c1-4-7-10-13-16-19-22-25-28-30-33-35-38-41-44-47-50-53-59(62)65-56-58(67-61(64)55-52-49-46-43-40-37-32-27-24-21-18-15-12-9-6-3)57-66-60(63)54-51-48-45-42-39-36-34-31-29-26-23-20-17-14-11-8-5-2/h16,18-19,21,25-29,32-33,35,41,44,58H,4-15,17,20,22-24,30-31,34,36-40,42-43,45-57H2,1-3H3/b19-16-,21-18-,28-25-,29-26-,32-27-,35-33-,44-41-/t58-/m1/s1. The van der Waals surface area contributed by atoms with Gasteiger partial charge in [-0.3, -0.25) is 14.4 Å². The highest BCUT2D eigenvalue weighted by Gasteiger charge is 2.19. The van der Waals surface area contributed by atoms with Gasteiger partial charge in [0.15, 0.2) is 6.10 Å². The van der Waals surface area contributed by atoms with Gasteiger partial charge in [-0.15, -0.1) is 0 Å². The van der Waals surface area contributed by atoms with E-state index in [-0.39, 0.29) is 37.5 Å². The van der Waals surface area contributed by atoms with Gasteiger partial charge in [-0.25, -0.2) is 0 Å². The van der Waals surface area contributed by atoms with Crippen LogP contribution in [0.15, 0.2) is 85.1 Å². The molecule has 0 spiro atoms. The average molecular weight is 933 g/mol. The highest BCUT2D eigenvalue weighted by Crippen LogP contribution is 2.14. The second-order valence-electron chi connectivity index (χ2n) is 18.5. The SMILES string of the molecule is CCCCC/C=C\C/C=C\C/C=C\C/C=C\CCCC(=O)OC[C@H](COC(=O)CCCCCCCCC/C=C\CCCCCCCC)OC(=O)CCCCCCC/C=C\C/C=C\CCCCC. The summed E-state index contributed by atoms with van der Waals surface area (Å²) in [6.07, 6.45) is 71.4. The monoisotopic (exact) mass is 933 g/mol. The molecule has 0 saturated heterocycles. The van der Waals surface area contributed by atoms with E-state index in [0.29, 0.717) is 19.3 Å². The molecule has 0 saturated carbocycles. The summed E-state index contributed by atoms with van der Waals surface area (Å²) in [5.74, 6) is -0.975. The van der Waals surface area contributed by atoms with Crippen LogP contribution in [0.2, 0.25) is 0 Å². The number of hydrogen-bond acceptors (Lipinski definition) is 6. The van der Waals surface area contributed by atoms with Crippen LogP contribution in [0.25, 0.3) is 0 Å². The van der Waals surface area contributed by atoms with Gasteiger partial charge in [0.25, 0.3) is 0 Å². The third kappa shape index (κ3) is 53.4. The molecule has 0 radical (unpaired) electrons. The van der Waals surface area contributed by atoms with E-state index in [4.69, 9.17) is 14.2 Å². The molecule has 0 aliphatic carbocycles. The summed E-state index contributed by atoms with van der Waals surface area (Å²) >= 11 is 0. The molecule has 0 rings (SSSR count). The Hall–Kier alpha value is -3.41. The van der Waals surface area contributed by atoms with Crippen molar-refractivity contribution in [2.45, 2.75) is 271 Å². The number of carbonyl (C=O) groups is 3. The summed E-state index contributed by atoms with van der Waals surface area (Å²) in [7, 11) is 0. The Morgan fingerprint density at radius 3 is 0.940 bits per heavy atom. The summed E-state index contributed by atoms with van der Waals surface area (Å²) in [4.78, 5) is 38.1. The smallest absolute Gasteiger partial charge is 0.306 e. The molecule has 6 nitrogen and oxygen atoms in total. The number of rotatable bonds is 50. The van der Waals surface area contributed by atoms with Gasteiger partial charge in [0.1, 0.15) is 13.2 Å². The summed E-state index contributed by atoms with van der Waals surface area (Å²) in [6.45, 7) is 6.53. The van der Waals surface area contributed by atoms with Crippen molar-refractivity contribution in [1.29, 1.82) is 0 Å². The number of allylic oxidation sites excluding steroid dienone is 14. The molecule has 0 aromatic heterocycles. The van der Waals surface area contributed by atoms with Gasteiger partial charge in [0.05, 0.1) is 0 Å². The van der Waals surface area contributed by atoms with Crippen molar-refractivity contribution in [2.75, 3.05) is 13.2 Å². The van der Waals surface area contributed by atoms with Crippen LogP contribution in [0.3, 0.4) is 0 Å². The Morgan fingerprint density at radius 1 is 0.299 bits per heavy atom. The molecule has 0 aliphatic heterocycles. The molecule has 0 unspecified atom stereocenters. The van der Waals surface area contributed by atoms with Gasteiger partial charge in [-0.1, -0.05) is 215 Å².